The number of ether oxygens (including phenoxy) is 1. The Kier molecular flexibility index (Phi) is 4.80. The van der Waals surface area contributed by atoms with Crippen LogP contribution in [0.5, 0.6) is 0 Å². The number of amides is 1. The van der Waals surface area contributed by atoms with E-state index in [1.807, 2.05) is 33.0 Å². The Labute approximate surface area is 162 Å². The molecule has 1 amide bonds. The lowest BCUT2D eigenvalue weighted by Gasteiger charge is -2.32. The second-order valence-electron chi connectivity index (χ2n) is 7.20. The van der Waals surface area contributed by atoms with Crippen LogP contribution in [0.4, 0.5) is 0 Å². The third-order valence-corrected chi connectivity index (χ3v) is 5.42. The van der Waals surface area contributed by atoms with Crippen molar-refractivity contribution >= 4 is 16.9 Å². The largest absolute Gasteiger partial charge is 0.467 e. The number of carbonyl (C=O) groups is 1. The van der Waals surface area contributed by atoms with E-state index < -0.39 is 0 Å². The number of aryl methyl sites for hydroxylation is 3. The molecular formula is C20H24N4O4. The van der Waals surface area contributed by atoms with E-state index in [1.165, 1.54) is 0 Å². The zero-order chi connectivity index (χ0) is 19.8. The summed E-state index contributed by atoms with van der Waals surface area (Å²) in [6, 6.07) is 3.66. The summed E-state index contributed by atoms with van der Waals surface area (Å²) in [4.78, 5) is 30.0. The van der Waals surface area contributed by atoms with Gasteiger partial charge >= 0.3 is 0 Å². The summed E-state index contributed by atoms with van der Waals surface area (Å²) >= 11 is 0. The number of nitrogens with zero attached hydrogens (tertiary/aromatic N) is 3. The first-order chi connectivity index (χ1) is 13.5. The number of H-pyrrole nitrogens is 1. The maximum Gasteiger partial charge on any atom is 0.253 e. The van der Waals surface area contributed by atoms with E-state index in [4.69, 9.17) is 9.15 Å². The van der Waals surface area contributed by atoms with Crippen LogP contribution in [0.15, 0.2) is 27.6 Å². The number of furan rings is 1. The SMILES string of the molecule is Cc1nn(C)c2[nH]c(=O)c(CCC(=O)N3CCO[C@@H](c4ccco4)C3)c(C)c12. The van der Waals surface area contributed by atoms with Crippen molar-refractivity contribution in [3.8, 4) is 0 Å². The molecule has 0 aromatic carbocycles. The van der Waals surface area contributed by atoms with E-state index in [0.717, 1.165) is 22.4 Å². The molecule has 0 spiro atoms. The predicted octanol–water partition coefficient (Wildman–Crippen LogP) is 2.00. The first kappa shape index (κ1) is 18.5. The molecule has 4 rings (SSSR count). The summed E-state index contributed by atoms with van der Waals surface area (Å²) in [5.74, 6) is 0.740. The monoisotopic (exact) mass is 384 g/mol. The van der Waals surface area contributed by atoms with Crippen LogP contribution in [0, 0.1) is 13.8 Å². The van der Waals surface area contributed by atoms with Gasteiger partial charge < -0.3 is 19.0 Å². The van der Waals surface area contributed by atoms with Gasteiger partial charge in [-0.3, -0.25) is 14.3 Å². The Balaban J connectivity index is 1.49. The molecule has 0 radical (unpaired) electrons. The van der Waals surface area contributed by atoms with Crippen molar-refractivity contribution in [2.45, 2.75) is 32.8 Å². The Morgan fingerprint density at radius 1 is 1.39 bits per heavy atom. The van der Waals surface area contributed by atoms with Crippen LogP contribution in [0.25, 0.3) is 11.0 Å². The first-order valence-electron chi connectivity index (χ1n) is 9.43. The van der Waals surface area contributed by atoms with Crippen LogP contribution in [0.3, 0.4) is 0 Å². The van der Waals surface area contributed by atoms with Crippen LogP contribution >= 0.6 is 0 Å². The normalized spacial score (nSPS) is 17.4. The molecule has 0 saturated carbocycles. The van der Waals surface area contributed by atoms with Crippen LogP contribution in [-0.2, 0) is 23.0 Å². The molecule has 1 N–H and O–H groups in total. The van der Waals surface area contributed by atoms with Crippen molar-refractivity contribution in [2.24, 2.45) is 7.05 Å². The minimum Gasteiger partial charge on any atom is -0.467 e. The second kappa shape index (κ2) is 7.27. The maximum atomic E-state index is 12.8. The molecule has 0 aliphatic carbocycles. The van der Waals surface area contributed by atoms with Gasteiger partial charge in [-0.15, -0.1) is 0 Å². The second-order valence-corrected chi connectivity index (χ2v) is 7.20. The van der Waals surface area contributed by atoms with E-state index in [0.29, 0.717) is 37.3 Å². The number of rotatable bonds is 4. The van der Waals surface area contributed by atoms with Gasteiger partial charge in [0.1, 0.15) is 17.5 Å². The Morgan fingerprint density at radius 3 is 2.96 bits per heavy atom. The van der Waals surface area contributed by atoms with E-state index in [-0.39, 0.29) is 24.0 Å². The van der Waals surface area contributed by atoms with Crippen molar-refractivity contribution in [3.63, 3.8) is 0 Å². The number of carbonyl (C=O) groups excluding carboxylic acids is 1. The number of nitrogens with one attached hydrogen (secondary N) is 1. The molecule has 1 saturated heterocycles. The van der Waals surface area contributed by atoms with Crippen LogP contribution in [0.1, 0.15) is 35.1 Å². The molecule has 28 heavy (non-hydrogen) atoms. The average Bonchev–Trinajstić information content (AvgIpc) is 3.30. The van der Waals surface area contributed by atoms with Gasteiger partial charge in [0, 0.05) is 31.0 Å². The Bertz CT molecular complexity index is 1060. The van der Waals surface area contributed by atoms with Gasteiger partial charge in [-0.2, -0.15) is 5.10 Å². The predicted molar refractivity (Wildman–Crippen MR) is 103 cm³/mol. The van der Waals surface area contributed by atoms with Crippen LogP contribution in [0.2, 0.25) is 0 Å². The highest BCUT2D eigenvalue weighted by Crippen LogP contribution is 2.24. The molecule has 3 aromatic rings. The lowest BCUT2D eigenvalue weighted by Crippen LogP contribution is -2.42. The van der Waals surface area contributed by atoms with Gasteiger partial charge in [0.2, 0.25) is 5.91 Å². The lowest BCUT2D eigenvalue weighted by molar-refractivity contribution is -0.139. The fourth-order valence-corrected chi connectivity index (χ4v) is 3.97. The number of fused-ring (bicyclic) bond motifs is 1. The fraction of sp³-hybridized carbons (Fsp3) is 0.450. The van der Waals surface area contributed by atoms with Gasteiger partial charge in [0.25, 0.3) is 5.56 Å². The molecule has 1 aliphatic heterocycles. The van der Waals surface area contributed by atoms with Crippen molar-refractivity contribution in [1.29, 1.82) is 0 Å². The third-order valence-electron chi connectivity index (χ3n) is 5.42. The topological polar surface area (TPSA) is 93.4 Å². The summed E-state index contributed by atoms with van der Waals surface area (Å²) in [6.45, 7) is 5.32. The molecule has 8 heteroatoms. The van der Waals surface area contributed by atoms with E-state index in [2.05, 4.69) is 10.1 Å². The van der Waals surface area contributed by atoms with Gasteiger partial charge in [-0.1, -0.05) is 0 Å². The molecule has 1 aliphatic rings. The average molecular weight is 384 g/mol. The van der Waals surface area contributed by atoms with E-state index in [9.17, 15) is 9.59 Å². The molecule has 148 valence electrons. The first-order valence-corrected chi connectivity index (χ1v) is 9.43. The molecule has 1 atom stereocenters. The number of aromatic nitrogens is 3. The minimum absolute atomic E-state index is 0.0154. The Morgan fingerprint density at radius 2 is 2.21 bits per heavy atom. The Hall–Kier alpha value is -2.87. The van der Waals surface area contributed by atoms with E-state index >= 15 is 0 Å². The van der Waals surface area contributed by atoms with Crippen molar-refractivity contribution in [3.05, 3.63) is 51.3 Å². The van der Waals surface area contributed by atoms with Crippen LogP contribution in [-0.4, -0.2) is 45.3 Å². The molecule has 4 heterocycles. The number of morpholine rings is 1. The summed E-state index contributed by atoms with van der Waals surface area (Å²) in [5.41, 5.74) is 2.97. The van der Waals surface area contributed by atoms with Crippen LogP contribution < -0.4 is 5.56 Å². The van der Waals surface area contributed by atoms with Crippen molar-refractivity contribution in [2.75, 3.05) is 19.7 Å². The highest BCUT2D eigenvalue weighted by Gasteiger charge is 2.27. The van der Waals surface area contributed by atoms with Gasteiger partial charge in [0.05, 0.1) is 25.1 Å². The van der Waals surface area contributed by atoms with Gasteiger partial charge in [-0.25, -0.2) is 0 Å². The quantitative estimate of drug-likeness (QED) is 0.743. The molecular weight excluding hydrogens is 360 g/mol. The number of hydrogen-bond donors (Lipinski definition) is 1. The highest BCUT2D eigenvalue weighted by molar-refractivity contribution is 5.83. The van der Waals surface area contributed by atoms with Gasteiger partial charge in [-0.05, 0) is 38.0 Å². The maximum absolute atomic E-state index is 12.8. The number of pyridine rings is 1. The number of aromatic amines is 1. The van der Waals surface area contributed by atoms with Crippen molar-refractivity contribution in [1.82, 2.24) is 19.7 Å². The standard InChI is InChI=1S/C20H24N4O4/c1-12-14(20(26)21-19-18(12)13(2)22-23(19)3)6-7-17(25)24-8-10-28-16(11-24)15-5-4-9-27-15/h4-5,9,16H,6-8,10-11H2,1-3H3,(H,21,26)/t16-/m1/s1. The molecule has 1 fully saturated rings. The lowest BCUT2D eigenvalue weighted by atomic mass is 10.0. The summed E-state index contributed by atoms with van der Waals surface area (Å²) < 4.78 is 12.8. The molecule has 3 aromatic heterocycles. The number of hydrogen-bond acceptors (Lipinski definition) is 5. The summed E-state index contributed by atoms with van der Waals surface area (Å²) in [5, 5.41) is 5.34. The third kappa shape index (κ3) is 3.24. The van der Waals surface area contributed by atoms with Crippen molar-refractivity contribution < 1.29 is 13.9 Å². The molecule has 0 unspecified atom stereocenters. The smallest absolute Gasteiger partial charge is 0.253 e. The molecule has 8 nitrogen and oxygen atoms in total. The molecule has 0 bridgehead atoms. The summed E-state index contributed by atoms with van der Waals surface area (Å²) in [6.07, 6.45) is 2.03. The van der Waals surface area contributed by atoms with Gasteiger partial charge in [0.15, 0.2) is 0 Å². The zero-order valence-corrected chi connectivity index (χ0v) is 16.3. The fourth-order valence-electron chi connectivity index (χ4n) is 3.97. The summed E-state index contributed by atoms with van der Waals surface area (Å²) in [7, 11) is 1.81. The minimum atomic E-state index is -0.243. The zero-order valence-electron chi connectivity index (χ0n) is 16.3. The highest BCUT2D eigenvalue weighted by atomic mass is 16.5. The van der Waals surface area contributed by atoms with E-state index in [1.54, 1.807) is 15.8 Å².